The molecule has 0 radical (unpaired) electrons. The predicted octanol–water partition coefficient (Wildman–Crippen LogP) is 16.3. The normalized spacial score (nSPS) is 11.9. The lowest BCUT2D eigenvalue weighted by atomic mass is 10.0. The minimum Gasteiger partial charge on any atom is -0.462 e. The van der Waals surface area contributed by atoms with Crippen LogP contribution in [0, 0.1) is 5.92 Å². The van der Waals surface area contributed by atoms with Crippen molar-refractivity contribution < 1.29 is 28.6 Å². The molecule has 0 saturated carbocycles. The molecule has 0 aliphatic heterocycles. The first-order chi connectivity index (χ1) is 27.9. The van der Waals surface area contributed by atoms with Crippen LogP contribution >= 0.6 is 0 Å². The SMILES string of the molecule is CCCCCCCCCCCCCC(=O)OC[C@@H](COC(=O)CCCCCCCCCCCCCCCCCCCCC(C)C)OC(=O)CCCCCCCCC. The van der Waals surface area contributed by atoms with E-state index in [1.54, 1.807) is 0 Å². The minimum absolute atomic E-state index is 0.0635. The van der Waals surface area contributed by atoms with Gasteiger partial charge in [-0.1, -0.05) is 246 Å². The Kier molecular flexibility index (Phi) is 44.2. The molecule has 0 amide bonds. The van der Waals surface area contributed by atoms with Crippen LogP contribution in [-0.4, -0.2) is 37.2 Å². The highest BCUT2D eigenvalue weighted by Gasteiger charge is 2.19. The highest BCUT2D eigenvalue weighted by Crippen LogP contribution is 2.17. The summed E-state index contributed by atoms with van der Waals surface area (Å²) in [5.41, 5.74) is 0. The minimum atomic E-state index is -0.758. The Morgan fingerprint density at radius 3 is 0.860 bits per heavy atom. The van der Waals surface area contributed by atoms with Gasteiger partial charge in [0.15, 0.2) is 6.10 Å². The number of hydrogen-bond acceptors (Lipinski definition) is 6. The Morgan fingerprint density at radius 2 is 0.579 bits per heavy atom. The summed E-state index contributed by atoms with van der Waals surface area (Å²) in [6.07, 6.45) is 46.8. The second kappa shape index (κ2) is 45.5. The van der Waals surface area contributed by atoms with Gasteiger partial charge in [-0.2, -0.15) is 0 Å². The Hall–Kier alpha value is -1.59. The maximum absolute atomic E-state index is 12.6. The van der Waals surface area contributed by atoms with Gasteiger partial charge in [-0.3, -0.25) is 14.4 Å². The Bertz CT molecular complexity index is 857. The first-order valence-corrected chi connectivity index (χ1v) is 25.4. The molecule has 0 heterocycles. The first-order valence-electron chi connectivity index (χ1n) is 25.4. The number of hydrogen-bond donors (Lipinski definition) is 0. The zero-order chi connectivity index (χ0) is 41.7. The summed E-state index contributed by atoms with van der Waals surface area (Å²) < 4.78 is 16.7. The molecular formula is C51H98O6. The number of carbonyl (C=O) groups excluding carboxylic acids is 3. The van der Waals surface area contributed by atoms with Gasteiger partial charge in [0.2, 0.25) is 0 Å². The standard InChI is InChI=1S/C51H98O6/c1-5-7-9-11-13-14-23-27-31-34-38-42-49(52)55-45-48(57-51(54)44-40-36-29-12-10-8-6-2)46-56-50(53)43-39-35-32-28-25-22-20-18-16-15-17-19-21-24-26-30-33-37-41-47(3)4/h47-48H,5-46H2,1-4H3/t48-/m0/s1. The van der Waals surface area contributed by atoms with Crippen molar-refractivity contribution in [1.82, 2.24) is 0 Å². The smallest absolute Gasteiger partial charge is 0.306 e. The molecule has 0 aromatic heterocycles. The van der Waals surface area contributed by atoms with Crippen molar-refractivity contribution in [3.05, 3.63) is 0 Å². The van der Waals surface area contributed by atoms with Crippen LogP contribution in [0.2, 0.25) is 0 Å². The van der Waals surface area contributed by atoms with E-state index in [1.165, 1.54) is 180 Å². The number of ether oxygens (including phenoxy) is 3. The second-order valence-electron chi connectivity index (χ2n) is 17.9. The van der Waals surface area contributed by atoms with Crippen molar-refractivity contribution in [3.63, 3.8) is 0 Å². The molecule has 57 heavy (non-hydrogen) atoms. The third-order valence-electron chi connectivity index (χ3n) is 11.5. The number of unbranched alkanes of at least 4 members (excludes halogenated alkanes) is 33. The fourth-order valence-electron chi connectivity index (χ4n) is 7.69. The van der Waals surface area contributed by atoms with Crippen LogP contribution < -0.4 is 0 Å². The summed E-state index contributed by atoms with van der Waals surface area (Å²) in [5.74, 6) is 0.00450. The van der Waals surface area contributed by atoms with Gasteiger partial charge in [0.05, 0.1) is 0 Å². The maximum atomic E-state index is 12.6. The average molecular weight is 807 g/mol. The molecule has 6 heteroatoms. The van der Waals surface area contributed by atoms with Crippen molar-refractivity contribution in [2.75, 3.05) is 13.2 Å². The van der Waals surface area contributed by atoms with Crippen LogP contribution in [-0.2, 0) is 28.6 Å². The molecule has 338 valence electrons. The van der Waals surface area contributed by atoms with Gasteiger partial charge >= 0.3 is 17.9 Å². The monoisotopic (exact) mass is 807 g/mol. The van der Waals surface area contributed by atoms with Crippen LogP contribution in [0.5, 0.6) is 0 Å². The van der Waals surface area contributed by atoms with E-state index in [2.05, 4.69) is 27.7 Å². The third-order valence-corrected chi connectivity index (χ3v) is 11.5. The largest absolute Gasteiger partial charge is 0.462 e. The van der Waals surface area contributed by atoms with Crippen LogP contribution in [0.15, 0.2) is 0 Å². The highest BCUT2D eigenvalue weighted by atomic mass is 16.6. The third kappa shape index (κ3) is 45.3. The van der Waals surface area contributed by atoms with Crippen LogP contribution in [0.1, 0.15) is 285 Å². The first kappa shape index (κ1) is 55.4. The molecule has 0 unspecified atom stereocenters. The van der Waals surface area contributed by atoms with Gasteiger partial charge in [-0.05, 0) is 25.2 Å². The zero-order valence-corrected chi connectivity index (χ0v) is 38.8. The quantitative estimate of drug-likeness (QED) is 0.0346. The van der Waals surface area contributed by atoms with Crippen molar-refractivity contribution >= 4 is 17.9 Å². The van der Waals surface area contributed by atoms with E-state index in [0.717, 1.165) is 63.7 Å². The van der Waals surface area contributed by atoms with Crippen molar-refractivity contribution in [2.45, 2.75) is 291 Å². The molecule has 0 bridgehead atoms. The van der Waals surface area contributed by atoms with Crippen molar-refractivity contribution in [2.24, 2.45) is 5.92 Å². The average Bonchev–Trinajstić information content (AvgIpc) is 3.19. The number of carbonyl (C=O) groups is 3. The Balaban J connectivity index is 4.09. The molecule has 1 atom stereocenters. The van der Waals surface area contributed by atoms with Gasteiger partial charge in [-0.25, -0.2) is 0 Å². The molecule has 0 N–H and O–H groups in total. The molecule has 0 aliphatic carbocycles. The summed E-state index contributed by atoms with van der Waals surface area (Å²) in [5, 5.41) is 0. The van der Waals surface area contributed by atoms with Crippen LogP contribution in [0.25, 0.3) is 0 Å². The fraction of sp³-hybridized carbons (Fsp3) is 0.941. The molecule has 0 rings (SSSR count). The Labute approximate surface area is 355 Å². The van der Waals surface area contributed by atoms with Crippen molar-refractivity contribution in [1.29, 1.82) is 0 Å². The van der Waals surface area contributed by atoms with E-state index >= 15 is 0 Å². The van der Waals surface area contributed by atoms with Gasteiger partial charge in [0, 0.05) is 19.3 Å². The fourth-order valence-corrected chi connectivity index (χ4v) is 7.69. The number of esters is 3. The highest BCUT2D eigenvalue weighted by molar-refractivity contribution is 5.71. The number of rotatable bonds is 46. The molecule has 0 aromatic carbocycles. The lowest BCUT2D eigenvalue weighted by molar-refractivity contribution is -0.167. The zero-order valence-electron chi connectivity index (χ0n) is 38.8. The second-order valence-corrected chi connectivity index (χ2v) is 17.9. The summed E-state index contributed by atoms with van der Waals surface area (Å²) in [6, 6.07) is 0. The van der Waals surface area contributed by atoms with Crippen LogP contribution in [0.3, 0.4) is 0 Å². The van der Waals surface area contributed by atoms with Gasteiger partial charge in [-0.15, -0.1) is 0 Å². The van der Waals surface area contributed by atoms with Crippen molar-refractivity contribution in [3.8, 4) is 0 Å². The predicted molar refractivity (Wildman–Crippen MR) is 243 cm³/mol. The van der Waals surface area contributed by atoms with Crippen LogP contribution in [0.4, 0.5) is 0 Å². The van der Waals surface area contributed by atoms with E-state index in [-0.39, 0.29) is 31.1 Å². The van der Waals surface area contributed by atoms with Gasteiger partial charge in [0.25, 0.3) is 0 Å². The van der Waals surface area contributed by atoms with E-state index in [9.17, 15) is 14.4 Å². The van der Waals surface area contributed by atoms with Gasteiger partial charge in [0.1, 0.15) is 13.2 Å². The molecular weight excluding hydrogens is 709 g/mol. The van der Waals surface area contributed by atoms with E-state index in [4.69, 9.17) is 14.2 Å². The maximum Gasteiger partial charge on any atom is 0.306 e. The van der Waals surface area contributed by atoms with E-state index < -0.39 is 6.10 Å². The summed E-state index contributed by atoms with van der Waals surface area (Å²) >= 11 is 0. The van der Waals surface area contributed by atoms with Gasteiger partial charge < -0.3 is 14.2 Å². The Morgan fingerprint density at radius 1 is 0.333 bits per heavy atom. The molecule has 0 fully saturated rings. The molecule has 0 aromatic rings. The lowest BCUT2D eigenvalue weighted by Crippen LogP contribution is -2.30. The topological polar surface area (TPSA) is 78.9 Å². The summed E-state index contributed by atoms with van der Waals surface area (Å²) in [4.78, 5) is 37.7. The molecule has 0 saturated heterocycles. The molecule has 0 spiro atoms. The van der Waals surface area contributed by atoms with E-state index in [1.807, 2.05) is 0 Å². The lowest BCUT2D eigenvalue weighted by Gasteiger charge is -2.18. The molecule has 0 aliphatic rings. The molecule has 6 nitrogen and oxygen atoms in total. The van der Waals surface area contributed by atoms with E-state index in [0.29, 0.717) is 19.3 Å². The summed E-state index contributed by atoms with van der Waals surface area (Å²) in [6.45, 7) is 8.99. The summed E-state index contributed by atoms with van der Waals surface area (Å²) in [7, 11) is 0.